The number of benzene rings is 1. The first-order valence-corrected chi connectivity index (χ1v) is 7.80. The highest BCUT2D eigenvalue weighted by Crippen LogP contribution is 2.24. The van der Waals surface area contributed by atoms with Crippen molar-refractivity contribution < 1.29 is 9.18 Å². The first-order chi connectivity index (χ1) is 9.97. The molecular weight excluding hydrogens is 267 g/mol. The summed E-state index contributed by atoms with van der Waals surface area (Å²) in [6, 6.07) is 4.89. The van der Waals surface area contributed by atoms with Gasteiger partial charge in [-0.25, -0.2) is 4.39 Å². The predicted octanol–water partition coefficient (Wildman–Crippen LogP) is 3.63. The van der Waals surface area contributed by atoms with Crippen molar-refractivity contribution in [2.24, 2.45) is 5.92 Å². The van der Waals surface area contributed by atoms with Crippen molar-refractivity contribution in [3.8, 4) is 0 Å². The highest BCUT2D eigenvalue weighted by atomic mass is 19.1. The topological polar surface area (TPSA) is 41.1 Å². The lowest BCUT2D eigenvalue weighted by Gasteiger charge is -2.31. The van der Waals surface area contributed by atoms with Crippen molar-refractivity contribution in [2.75, 3.05) is 5.32 Å². The molecule has 1 aliphatic rings. The van der Waals surface area contributed by atoms with Crippen molar-refractivity contribution in [3.05, 3.63) is 29.6 Å². The summed E-state index contributed by atoms with van der Waals surface area (Å²) in [7, 11) is 0. The van der Waals surface area contributed by atoms with Gasteiger partial charge in [-0.1, -0.05) is 25.8 Å². The third-order valence-electron chi connectivity index (χ3n) is 4.41. The van der Waals surface area contributed by atoms with Crippen LogP contribution in [0.15, 0.2) is 18.2 Å². The van der Waals surface area contributed by atoms with E-state index in [0.717, 1.165) is 6.42 Å². The summed E-state index contributed by atoms with van der Waals surface area (Å²) in [6.45, 7) is 5.80. The molecule has 116 valence electrons. The smallest absolute Gasteiger partial charge is 0.241 e. The van der Waals surface area contributed by atoms with Gasteiger partial charge in [-0.3, -0.25) is 4.79 Å². The number of hydrogen-bond acceptors (Lipinski definition) is 2. The molecule has 1 saturated carbocycles. The average molecular weight is 292 g/mol. The number of anilines is 1. The third-order valence-corrected chi connectivity index (χ3v) is 4.41. The van der Waals surface area contributed by atoms with Gasteiger partial charge in [0.2, 0.25) is 5.91 Å². The van der Waals surface area contributed by atoms with Crippen molar-refractivity contribution >= 4 is 11.6 Å². The summed E-state index contributed by atoms with van der Waals surface area (Å²) in [5.74, 6) is 0.191. The molecule has 3 unspecified atom stereocenters. The quantitative estimate of drug-likeness (QED) is 0.889. The van der Waals surface area contributed by atoms with E-state index >= 15 is 0 Å². The highest BCUT2D eigenvalue weighted by Gasteiger charge is 2.24. The van der Waals surface area contributed by atoms with E-state index < -0.39 is 0 Å². The summed E-state index contributed by atoms with van der Waals surface area (Å²) in [4.78, 5) is 12.2. The lowest BCUT2D eigenvalue weighted by molar-refractivity contribution is -0.118. The van der Waals surface area contributed by atoms with Crippen molar-refractivity contribution in [1.82, 2.24) is 5.32 Å². The minimum Gasteiger partial charge on any atom is -0.325 e. The second-order valence-corrected chi connectivity index (χ2v) is 6.21. The van der Waals surface area contributed by atoms with Crippen LogP contribution in [-0.4, -0.2) is 18.0 Å². The molecule has 4 heteroatoms. The maximum absolute atomic E-state index is 13.5. The van der Waals surface area contributed by atoms with Gasteiger partial charge in [-0.05, 0) is 50.3 Å². The van der Waals surface area contributed by atoms with E-state index in [0.29, 0.717) is 23.2 Å². The largest absolute Gasteiger partial charge is 0.325 e. The molecular formula is C17H25FN2O. The van der Waals surface area contributed by atoms with E-state index in [2.05, 4.69) is 17.6 Å². The Kier molecular flexibility index (Phi) is 5.34. The molecule has 3 nitrogen and oxygen atoms in total. The molecule has 0 spiro atoms. The number of aryl methyl sites for hydroxylation is 1. The van der Waals surface area contributed by atoms with Crippen LogP contribution >= 0.6 is 0 Å². The molecule has 0 saturated heterocycles. The Labute approximate surface area is 126 Å². The van der Waals surface area contributed by atoms with E-state index in [9.17, 15) is 9.18 Å². The lowest BCUT2D eigenvalue weighted by atomic mass is 9.85. The fraction of sp³-hybridized carbons (Fsp3) is 0.588. The molecule has 0 aromatic heterocycles. The molecule has 2 N–H and O–H groups in total. The summed E-state index contributed by atoms with van der Waals surface area (Å²) < 4.78 is 13.5. The molecule has 0 radical (unpaired) electrons. The molecule has 0 heterocycles. The SMILES string of the molecule is Cc1ccc(NC(=O)C(C)NC2CCCCC2C)cc1F. The molecule has 21 heavy (non-hydrogen) atoms. The van der Waals surface area contributed by atoms with Crippen LogP contribution < -0.4 is 10.6 Å². The van der Waals surface area contributed by atoms with Crippen LogP contribution in [-0.2, 0) is 4.79 Å². The maximum Gasteiger partial charge on any atom is 0.241 e. The maximum atomic E-state index is 13.5. The zero-order valence-electron chi connectivity index (χ0n) is 13.1. The minimum absolute atomic E-state index is 0.115. The number of amides is 1. The van der Waals surface area contributed by atoms with Crippen LogP contribution in [0.3, 0.4) is 0 Å². The molecule has 0 aliphatic heterocycles. The second kappa shape index (κ2) is 7.03. The van der Waals surface area contributed by atoms with Crippen molar-refractivity contribution in [2.45, 2.75) is 58.5 Å². The first-order valence-electron chi connectivity index (χ1n) is 7.80. The number of halogens is 1. The Morgan fingerprint density at radius 1 is 1.33 bits per heavy atom. The summed E-state index contributed by atoms with van der Waals surface area (Å²) in [5, 5.41) is 6.18. The van der Waals surface area contributed by atoms with E-state index in [1.807, 2.05) is 6.92 Å². The minimum atomic E-state index is -0.297. The number of nitrogens with one attached hydrogen (secondary N) is 2. The zero-order chi connectivity index (χ0) is 15.4. The van der Waals surface area contributed by atoms with Gasteiger partial charge in [-0.2, -0.15) is 0 Å². The number of hydrogen-bond donors (Lipinski definition) is 2. The second-order valence-electron chi connectivity index (χ2n) is 6.21. The van der Waals surface area contributed by atoms with E-state index in [-0.39, 0.29) is 17.8 Å². The fourth-order valence-corrected chi connectivity index (χ4v) is 2.88. The Bertz CT molecular complexity index is 504. The molecule has 3 atom stereocenters. The molecule has 1 fully saturated rings. The molecule has 1 aromatic rings. The molecule has 1 aliphatic carbocycles. The van der Waals surface area contributed by atoms with Crippen LogP contribution in [0.2, 0.25) is 0 Å². The average Bonchev–Trinajstić information content (AvgIpc) is 2.45. The van der Waals surface area contributed by atoms with Crippen LogP contribution in [0, 0.1) is 18.7 Å². The van der Waals surface area contributed by atoms with Gasteiger partial charge < -0.3 is 10.6 Å². The number of carbonyl (C=O) groups excluding carboxylic acids is 1. The molecule has 2 rings (SSSR count). The Balaban J connectivity index is 1.91. The summed E-state index contributed by atoms with van der Waals surface area (Å²) in [5.41, 5.74) is 1.09. The van der Waals surface area contributed by atoms with E-state index in [1.165, 1.54) is 25.3 Å². The number of rotatable bonds is 4. The van der Waals surface area contributed by atoms with Crippen molar-refractivity contribution in [1.29, 1.82) is 0 Å². The van der Waals surface area contributed by atoms with Gasteiger partial charge in [0.05, 0.1) is 6.04 Å². The summed E-state index contributed by atoms with van der Waals surface area (Å²) in [6.07, 6.45) is 4.84. The van der Waals surface area contributed by atoms with Crippen LogP contribution in [0.5, 0.6) is 0 Å². The number of carbonyl (C=O) groups is 1. The van der Waals surface area contributed by atoms with Gasteiger partial charge in [-0.15, -0.1) is 0 Å². The molecule has 0 bridgehead atoms. The van der Waals surface area contributed by atoms with Gasteiger partial charge >= 0.3 is 0 Å². The first kappa shape index (κ1) is 16.0. The van der Waals surface area contributed by atoms with Gasteiger partial charge in [0.15, 0.2) is 0 Å². The molecule has 1 amide bonds. The standard InChI is InChI=1S/C17H25FN2O/c1-11-8-9-14(10-15(11)18)20-17(21)13(3)19-16-7-5-4-6-12(16)2/h8-10,12-13,16,19H,4-7H2,1-3H3,(H,20,21). The Morgan fingerprint density at radius 3 is 2.71 bits per heavy atom. The lowest BCUT2D eigenvalue weighted by Crippen LogP contribution is -2.47. The van der Waals surface area contributed by atoms with E-state index in [1.54, 1.807) is 19.1 Å². The van der Waals surface area contributed by atoms with Crippen LogP contribution in [0.4, 0.5) is 10.1 Å². The fourth-order valence-electron chi connectivity index (χ4n) is 2.88. The zero-order valence-corrected chi connectivity index (χ0v) is 13.1. The van der Waals surface area contributed by atoms with Gasteiger partial charge in [0.1, 0.15) is 5.82 Å². The predicted molar refractivity (Wildman–Crippen MR) is 83.8 cm³/mol. The Hall–Kier alpha value is -1.42. The van der Waals surface area contributed by atoms with Gasteiger partial charge in [0.25, 0.3) is 0 Å². The summed E-state index contributed by atoms with van der Waals surface area (Å²) >= 11 is 0. The van der Waals surface area contributed by atoms with Gasteiger partial charge in [0, 0.05) is 11.7 Å². The molecule has 1 aromatic carbocycles. The van der Waals surface area contributed by atoms with Crippen LogP contribution in [0.25, 0.3) is 0 Å². The monoisotopic (exact) mass is 292 g/mol. The Morgan fingerprint density at radius 2 is 2.05 bits per heavy atom. The normalized spacial score (nSPS) is 23.6. The van der Waals surface area contributed by atoms with Crippen molar-refractivity contribution in [3.63, 3.8) is 0 Å². The third kappa shape index (κ3) is 4.27. The van der Waals surface area contributed by atoms with E-state index in [4.69, 9.17) is 0 Å². The van der Waals surface area contributed by atoms with Crippen LogP contribution in [0.1, 0.15) is 45.1 Å². The highest BCUT2D eigenvalue weighted by molar-refractivity contribution is 5.94.